The molecule has 0 heterocycles. The van der Waals surface area contributed by atoms with E-state index in [1.165, 1.54) is 6.07 Å². The smallest absolute Gasteiger partial charge is 0.208 e. The van der Waals surface area contributed by atoms with Gasteiger partial charge < -0.3 is 15.4 Å². The van der Waals surface area contributed by atoms with E-state index < -0.39 is 15.8 Å². The van der Waals surface area contributed by atoms with Gasteiger partial charge >= 0.3 is 0 Å². The van der Waals surface area contributed by atoms with Gasteiger partial charge in [-0.15, -0.1) is 0 Å². The van der Waals surface area contributed by atoms with Crippen LogP contribution in [0.2, 0.25) is 0 Å². The first kappa shape index (κ1) is 21.2. The summed E-state index contributed by atoms with van der Waals surface area (Å²) in [7, 11) is -3.21. The molecular formula is C16H27FN4O3S. The van der Waals surface area contributed by atoms with E-state index in [0.717, 1.165) is 6.26 Å². The summed E-state index contributed by atoms with van der Waals surface area (Å²) >= 11 is 0. The van der Waals surface area contributed by atoms with Crippen LogP contribution in [0, 0.1) is 5.82 Å². The number of nitrogens with one attached hydrogen (secondary N) is 3. The van der Waals surface area contributed by atoms with E-state index in [1.54, 1.807) is 18.2 Å². The average Bonchev–Trinajstić information content (AvgIpc) is 2.55. The van der Waals surface area contributed by atoms with Gasteiger partial charge in [0.1, 0.15) is 6.10 Å². The third-order valence-electron chi connectivity index (χ3n) is 3.16. The second-order valence-corrected chi connectivity index (χ2v) is 7.22. The normalized spacial score (nSPS) is 13.4. The van der Waals surface area contributed by atoms with Crippen LogP contribution in [0.3, 0.4) is 0 Å². The van der Waals surface area contributed by atoms with E-state index >= 15 is 0 Å². The molecule has 1 rings (SSSR count). The van der Waals surface area contributed by atoms with Crippen LogP contribution in [0.4, 0.5) is 4.39 Å². The fourth-order valence-corrected chi connectivity index (χ4v) is 2.39. The Labute approximate surface area is 149 Å². The summed E-state index contributed by atoms with van der Waals surface area (Å²) in [6.07, 6.45) is 1.52. The SMILES string of the molecule is CCNC(=NCC(CC)Oc1ccccc1F)NCCNS(C)(=O)=O. The van der Waals surface area contributed by atoms with Gasteiger partial charge in [-0.3, -0.25) is 0 Å². The number of para-hydroxylation sites is 1. The summed E-state index contributed by atoms with van der Waals surface area (Å²) in [4.78, 5) is 4.41. The maximum atomic E-state index is 13.7. The van der Waals surface area contributed by atoms with Gasteiger partial charge in [0.2, 0.25) is 10.0 Å². The Kier molecular flexibility index (Phi) is 9.22. The van der Waals surface area contributed by atoms with Gasteiger partial charge in [0.15, 0.2) is 17.5 Å². The molecule has 0 aliphatic carbocycles. The van der Waals surface area contributed by atoms with Crippen molar-refractivity contribution in [2.24, 2.45) is 4.99 Å². The van der Waals surface area contributed by atoms with Crippen molar-refractivity contribution < 1.29 is 17.5 Å². The van der Waals surface area contributed by atoms with Crippen molar-refractivity contribution >= 4 is 16.0 Å². The molecule has 0 fully saturated rings. The maximum Gasteiger partial charge on any atom is 0.208 e. The third-order valence-corrected chi connectivity index (χ3v) is 3.89. The van der Waals surface area contributed by atoms with Crippen LogP contribution in [-0.2, 0) is 10.0 Å². The van der Waals surface area contributed by atoms with Crippen molar-refractivity contribution in [2.75, 3.05) is 32.4 Å². The van der Waals surface area contributed by atoms with E-state index in [4.69, 9.17) is 4.74 Å². The lowest BCUT2D eigenvalue weighted by Crippen LogP contribution is -2.42. The molecule has 1 atom stereocenters. The highest BCUT2D eigenvalue weighted by Crippen LogP contribution is 2.18. The molecule has 3 N–H and O–H groups in total. The molecule has 0 saturated carbocycles. The van der Waals surface area contributed by atoms with Gasteiger partial charge in [-0.1, -0.05) is 19.1 Å². The molecule has 0 aromatic heterocycles. The third kappa shape index (κ3) is 9.25. The number of nitrogens with zero attached hydrogens (tertiary/aromatic N) is 1. The first-order valence-electron chi connectivity index (χ1n) is 8.23. The van der Waals surface area contributed by atoms with Gasteiger partial charge in [-0.05, 0) is 25.5 Å². The largest absolute Gasteiger partial charge is 0.485 e. The molecule has 0 aliphatic heterocycles. The lowest BCUT2D eigenvalue weighted by atomic mass is 10.2. The Bertz CT molecular complexity index is 653. The number of hydrogen-bond donors (Lipinski definition) is 3. The van der Waals surface area contributed by atoms with Crippen LogP contribution in [0.5, 0.6) is 5.75 Å². The van der Waals surface area contributed by atoms with E-state index in [9.17, 15) is 12.8 Å². The second kappa shape index (κ2) is 10.9. The van der Waals surface area contributed by atoms with E-state index in [-0.39, 0.29) is 18.4 Å². The minimum atomic E-state index is -3.21. The number of halogens is 1. The number of hydrogen-bond acceptors (Lipinski definition) is 4. The monoisotopic (exact) mass is 374 g/mol. The molecule has 0 aliphatic rings. The highest BCUT2D eigenvalue weighted by atomic mass is 32.2. The van der Waals surface area contributed by atoms with Crippen molar-refractivity contribution in [1.82, 2.24) is 15.4 Å². The van der Waals surface area contributed by atoms with Crippen molar-refractivity contribution in [2.45, 2.75) is 26.4 Å². The predicted octanol–water partition coefficient (Wildman–Crippen LogP) is 1.09. The minimum absolute atomic E-state index is 0.208. The van der Waals surface area contributed by atoms with Gasteiger partial charge in [0, 0.05) is 19.6 Å². The number of aliphatic imine (C=N–C) groups is 1. The number of ether oxygens (including phenoxy) is 1. The highest BCUT2D eigenvalue weighted by molar-refractivity contribution is 7.88. The van der Waals surface area contributed by atoms with Gasteiger partial charge in [-0.2, -0.15) is 0 Å². The summed E-state index contributed by atoms with van der Waals surface area (Å²) < 4.78 is 43.8. The molecule has 9 heteroatoms. The highest BCUT2D eigenvalue weighted by Gasteiger charge is 2.11. The first-order chi connectivity index (χ1) is 11.9. The molecule has 0 radical (unpaired) electrons. The summed E-state index contributed by atoms with van der Waals surface area (Å²) in [6.45, 7) is 5.53. The van der Waals surface area contributed by atoms with Crippen LogP contribution in [0.15, 0.2) is 29.3 Å². The fraction of sp³-hybridized carbons (Fsp3) is 0.562. The summed E-state index contributed by atoms with van der Waals surface area (Å²) in [6, 6.07) is 6.27. The molecule has 0 bridgehead atoms. The molecule has 0 spiro atoms. The number of benzene rings is 1. The molecule has 1 unspecified atom stereocenters. The first-order valence-corrected chi connectivity index (χ1v) is 10.1. The standard InChI is InChI=1S/C16H27FN4O3S/c1-4-13(24-15-9-7-6-8-14(15)17)12-20-16(18-5-2)19-10-11-21-25(3,22)23/h6-9,13,21H,4-5,10-12H2,1-3H3,(H2,18,19,20). The molecule has 0 amide bonds. The zero-order chi connectivity index (χ0) is 18.7. The average molecular weight is 374 g/mol. The Balaban J connectivity index is 2.56. The predicted molar refractivity (Wildman–Crippen MR) is 97.9 cm³/mol. The van der Waals surface area contributed by atoms with E-state index in [1.807, 2.05) is 13.8 Å². The van der Waals surface area contributed by atoms with Gasteiger partial charge in [0.25, 0.3) is 0 Å². The summed E-state index contributed by atoms with van der Waals surface area (Å²) in [5.74, 6) is 0.357. The summed E-state index contributed by atoms with van der Waals surface area (Å²) in [5.41, 5.74) is 0. The molecule has 0 saturated heterocycles. The number of guanidine groups is 1. The molecule has 1 aromatic carbocycles. The van der Waals surface area contributed by atoms with Crippen molar-refractivity contribution in [3.8, 4) is 5.75 Å². The lowest BCUT2D eigenvalue weighted by Gasteiger charge is -2.17. The van der Waals surface area contributed by atoms with Crippen LogP contribution < -0.4 is 20.1 Å². The Morgan fingerprint density at radius 2 is 1.96 bits per heavy atom. The van der Waals surface area contributed by atoms with Crippen LogP contribution in [0.1, 0.15) is 20.3 Å². The number of sulfonamides is 1. The molecular weight excluding hydrogens is 347 g/mol. The van der Waals surface area contributed by atoms with Crippen LogP contribution in [-0.4, -0.2) is 52.9 Å². The number of rotatable bonds is 10. The van der Waals surface area contributed by atoms with Gasteiger partial charge in [-0.25, -0.2) is 22.5 Å². The van der Waals surface area contributed by atoms with Crippen molar-refractivity contribution in [3.63, 3.8) is 0 Å². The Hall–Kier alpha value is -1.87. The minimum Gasteiger partial charge on any atom is -0.485 e. The molecule has 25 heavy (non-hydrogen) atoms. The van der Waals surface area contributed by atoms with Crippen molar-refractivity contribution in [3.05, 3.63) is 30.1 Å². The van der Waals surface area contributed by atoms with Gasteiger partial charge in [0.05, 0.1) is 12.8 Å². The Morgan fingerprint density at radius 1 is 1.24 bits per heavy atom. The second-order valence-electron chi connectivity index (χ2n) is 5.39. The Morgan fingerprint density at radius 3 is 2.56 bits per heavy atom. The van der Waals surface area contributed by atoms with Crippen molar-refractivity contribution in [1.29, 1.82) is 0 Å². The fourth-order valence-electron chi connectivity index (χ4n) is 1.92. The molecule has 1 aromatic rings. The van der Waals surface area contributed by atoms with E-state index in [0.29, 0.717) is 32.0 Å². The zero-order valence-corrected chi connectivity index (χ0v) is 15.7. The van der Waals surface area contributed by atoms with E-state index in [2.05, 4.69) is 20.3 Å². The maximum absolute atomic E-state index is 13.7. The summed E-state index contributed by atoms with van der Waals surface area (Å²) in [5, 5.41) is 6.10. The lowest BCUT2D eigenvalue weighted by molar-refractivity contribution is 0.196. The topological polar surface area (TPSA) is 91.8 Å². The zero-order valence-electron chi connectivity index (χ0n) is 14.9. The quantitative estimate of drug-likeness (QED) is 0.324. The molecule has 142 valence electrons. The molecule has 7 nitrogen and oxygen atoms in total. The van der Waals surface area contributed by atoms with Crippen LogP contribution >= 0.6 is 0 Å². The van der Waals surface area contributed by atoms with Crippen LogP contribution in [0.25, 0.3) is 0 Å².